The molecule has 2 aromatic carbocycles. The van der Waals surface area contributed by atoms with Gasteiger partial charge in [-0.1, -0.05) is 23.7 Å². The van der Waals surface area contributed by atoms with Crippen molar-refractivity contribution in [1.82, 2.24) is 0 Å². The van der Waals surface area contributed by atoms with Gasteiger partial charge in [0.05, 0.1) is 29.8 Å². The van der Waals surface area contributed by atoms with Gasteiger partial charge in [0.25, 0.3) is 0 Å². The van der Waals surface area contributed by atoms with Crippen LogP contribution in [0.4, 0.5) is 5.69 Å². The minimum absolute atomic E-state index is 0.0312. The molecule has 0 unspecified atom stereocenters. The fraction of sp³-hybridized carbons (Fsp3) is 0.235. The lowest BCUT2D eigenvalue weighted by Crippen LogP contribution is -2.14. The van der Waals surface area contributed by atoms with Crippen molar-refractivity contribution in [3.05, 3.63) is 47.0 Å². The van der Waals surface area contributed by atoms with E-state index in [0.29, 0.717) is 28.6 Å². The smallest absolute Gasteiger partial charge is 0.238 e. The van der Waals surface area contributed by atoms with E-state index in [1.165, 1.54) is 26.4 Å². The highest BCUT2D eigenvalue weighted by atomic mass is 35.5. The number of halogens is 1. The van der Waals surface area contributed by atoms with Gasteiger partial charge in [0.2, 0.25) is 15.9 Å². The summed E-state index contributed by atoms with van der Waals surface area (Å²) in [5, 5.41) is 8.18. The summed E-state index contributed by atoms with van der Waals surface area (Å²) in [5.41, 5.74) is 1.26. The summed E-state index contributed by atoms with van der Waals surface area (Å²) in [7, 11) is -0.776. The molecule has 0 aliphatic heterocycles. The second-order valence-electron chi connectivity index (χ2n) is 5.42. The highest BCUT2D eigenvalue weighted by molar-refractivity contribution is 7.89. The molecule has 0 saturated heterocycles. The van der Waals surface area contributed by atoms with Gasteiger partial charge in [-0.05, 0) is 24.1 Å². The van der Waals surface area contributed by atoms with Crippen molar-refractivity contribution in [2.24, 2.45) is 5.14 Å². The summed E-state index contributed by atoms with van der Waals surface area (Å²) in [6.07, 6.45) is 0.632. The number of nitrogens with two attached hydrogens (primary N) is 1. The number of aryl methyl sites for hydroxylation is 1. The summed E-state index contributed by atoms with van der Waals surface area (Å²) >= 11 is 6.03. The van der Waals surface area contributed by atoms with Crippen LogP contribution in [-0.4, -0.2) is 28.5 Å². The van der Waals surface area contributed by atoms with Crippen molar-refractivity contribution in [2.75, 3.05) is 19.5 Å². The van der Waals surface area contributed by atoms with Crippen LogP contribution in [0.1, 0.15) is 12.0 Å². The zero-order valence-electron chi connectivity index (χ0n) is 14.3. The Morgan fingerprint density at radius 2 is 1.73 bits per heavy atom. The third-order valence-corrected chi connectivity index (χ3v) is 4.87. The fourth-order valence-corrected chi connectivity index (χ4v) is 3.02. The molecule has 0 aliphatic rings. The third-order valence-electron chi connectivity index (χ3n) is 3.64. The quantitative estimate of drug-likeness (QED) is 0.745. The molecule has 0 aromatic heterocycles. The molecule has 0 atom stereocenters. The van der Waals surface area contributed by atoms with E-state index in [2.05, 4.69) is 5.32 Å². The maximum atomic E-state index is 12.2. The number of rotatable bonds is 7. The van der Waals surface area contributed by atoms with Crippen molar-refractivity contribution >= 4 is 33.2 Å². The largest absolute Gasteiger partial charge is 0.495 e. The molecule has 1 amide bonds. The zero-order valence-corrected chi connectivity index (χ0v) is 15.9. The zero-order chi connectivity index (χ0) is 19.3. The number of anilines is 1. The topological polar surface area (TPSA) is 108 Å². The Balaban J connectivity index is 2.03. The van der Waals surface area contributed by atoms with E-state index in [0.717, 1.165) is 5.56 Å². The van der Waals surface area contributed by atoms with Crippen LogP contribution in [0.3, 0.4) is 0 Å². The molecular formula is C17H19ClN2O5S. The predicted octanol–water partition coefficient (Wildman–Crippen LogP) is 2.58. The van der Waals surface area contributed by atoms with Crippen LogP contribution in [0.5, 0.6) is 11.5 Å². The van der Waals surface area contributed by atoms with E-state index in [-0.39, 0.29) is 17.2 Å². The maximum absolute atomic E-state index is 12.2. The number of hydrogen-bond acceptors (Lipinski definition) is 5. The van der Waals surface area contributed by atoms with Crippen LogP contribution < -0.4 is 19.9 Å². The minimum Gasteiger partial charge on any atom is -0.495 e. The Bertz CT molecular complexity index is 898. The first-order valence-electron chi connectivity index (χ1n) is 7.57. The monoisotopic (exact) mass is 398 g/mol. The number of hydrogen-bond donors (Lipinski definition) is 2. The number of ether oxygens (including phenoxy) is 2. The Morgan fingerprint density at radius 3 is 2.27 bits per heavy atom. The Hall–Kier alpha value is -2.29. The molecule has 140 valence electrons. The lowest BCUT2D eigenvalue weighted by molar-refractivity contribution is -0.116. The van der Waals surface area contributed by atoms with E-state index in [1.54, 1.807) is 24.3 Å². The van der Waals surface area contributed by atoms with Gasteiger partial charge in [-0.3, -0.25) is 4.79 Å². The molecule has 26 heavy (non-hydrogen) atoms. The maximum Gasteiger partial charge on any atom is 0.238 e. The molecule has 0 aliphatic carbocycles. The molecule has 0 heterocycles. The number of sulfonamides is 1. The first kappa shape index (κ1) is 20.0. The van der Waals surface area contributed by atoms with Crippen LogP contribution >= 0.6 is 11.6 Å². The summed E-state index contributed by atoms with van der Waals surface area (Å²) in [6.45, 7) is 0. The van der Waals surface area contributed by atoms with Gasteiger partial charge >= 0.3 is 0 Å². The highest BCUT2D eigenvalue weighted by Crippen LogP contribution is 2.35. The van der Waals surface area contributed by atoms with Gasteiger partial charge in [0, 0.05) is 18.6 Å². The second kappa shape index (κ2) is 8.39. The van der Waals surface area contributed by atoms with Gasteiger partial charge in [-0.2, -0.15) is 0 Å². The van der Waals surface area contributed by atoms with E-state index >= 15 is 0 Å². The first-order chi connectivity index (χ1) is 12.2. The van der Waals surface area contributed by atoms with Gasteiger partial charge in [-0.15, -0.1) is 0 Å². The molecule has 9 heteroatoms. The number of amides is 1. The third kappa shape index (κ3) is 5.10. The standard InChI is InChI=1S/C17H19ClN2O5S/c1-24-15-10-14(16(25-2)9-13(15)18)20-17(21)8-5-11-3-6-12(7-4-11)26(19,22)23/h3-4,6-7,9-10H,5,8H2,1-2H3,(H,20,21)(H2,19,22,23). The Labute approximate surface area is 157 Å². The predicted molar refractivity (Wildman–Crippen MR) is 99.3 cm³/mol. The van der Waals surface area contributed by atoms with Crippen LogP contribution in [0, 0.1) is 0 Å². The number of nitrogens with one attached hydrogen (secondary N) is 1. The second-order valence-corrected chi connectivity index (χ2v) is 7.39. The number of carbonyl (C=O) groups excluding carboxylic acids is 1. The average Bonchev–Trinajstić information content (AvgIpc) is 2.60. The molecule has 2 aromatic rings. The SMILES string of the molecule is COc1cc(NC(=O)CCc2ccc(S(N)(=O)=O)cc2)c(OC)cc1Cl. The normalized spacial score (nSPS) is 11.1. The number of primary sulfonamides is 1. The molecule has 0 radical (unpaired) electrons. The van der Waals surface area contributed by atoms with Crippen molar-refractivity contribution in [2.45, 2.75) is 17.7 Å². The molecule has 0 bridgehead atoms. The summed E-state index contributed by atoms with van der Waals surface area (Å²) in [6, 6.07) is 9.21. The average molecular weight is 399 g/mol. The van der Waals surface area contributed by atoms with Gasteiger partial charge in [-0.25, -0.2) is 13.6 Å². The highest BCUT2D eigenvalue weighted by Gasteiger charge is 2.13. The summed E-state index contributed by atoms with van der Waals surface area (Å²) < 4.78 is 32.8. The molecule has 0 spiro atoms. The fourth-order valence-electron chi connectivity index (χ4n) is 2.27. The molecule has 3 N–H and O–H groups in total. The van der Waals surface area contributed by atoms with Gasteiger partial charge < -0.3 is 14.8 Å². The minimum atomic E-state index is -3.73. The van der Waals surface area contributed by atoms with Crippen molar-refractivity contribution in [3.63, 3.8) is 0 Å². The molecule has 0 saturated carbocycles. The molecule has 2 rings (SSSR count). The molecule has 0 fully saturated rings. The number of carbonyl (C=O) groups is 1. The number of methoxy groups -OCH3 is 2. The van der Waals surface area contributed by atoms with E-state index in [1.807, 2.05) is 0 Å². The summed E-state index contributed by atoms with van der Waals surface area (Å²) in [5.74, 6) is 0.603. The van der Waals surface area contributed by atoms with Crippen molar-refractivity contribution in [1.29, 1.82) is 0 Å². The number of benzene rings is 2. The van der Waals surface area contributed by atoms with Gasteiger partial charge in [0.1, 0.15) is 11.5 Å². The van der Waals surface area contributed by atoms with Crippen molar-refractivity contribution < 1.29 is 22.7 Å². The Morgan fingerprint density at radius 1 is 1.12 bits per heavy atom. The van der Waals surface area contributed by atoms with Crippen molar-refractivity contribution in [3.8, 4) is 11.5 Å². The molecular weight excluding hydrogens is 380 g/mol. The van der Waals surface area contributed by atoms with Gasteiger partial charge in [0.15, 0.2) is 0 Å². The van der Waals surface area contributed by atoms with Crippen LogP contribution in [-0.2, 0) is 21.2 Å². The van der Waals surface area contributed by atoms with Crippen LogP contribution in [0.2, 0.25) is 5.02 Å². The van der Waals surface area contributed by atoms with Crippen LogP contribution in [0.15, 0.2) is 41.3 Å². The summed E-state index contributed by atoms with van der Waals surface area (Å²) in [4.78, 5) is 12.2. The van der Waals surface area contributed by atoms with E-state index < -0.39 is 10.0 Å². The lowest BCUT2D eigenvalue weighted by atomic mass is 10.1. The van der Waals surface area contributed by atoms with Crippen LogP contribution in [0.25, 0.3) is 0 Å². The van der Waals surface area contributed by atoms with E-state index in [4.69, 9.17) is 26.2 Å². The Kier molecular flexibility index (Phi) is 6.47. The van der Waals surface area contributed by atoms with E-state index in [9.17, 15) is 13.2 Å². The molecule has 7 nitrogen and oxygen atoms in total. The first-order valence-corrected chi connectivity index (χ1v) is 9.50. The lowest BCUT2D eigenvalue weighted by Gasteiger charge is -2.13.